The number of nitrogens with one attached hydrogen (secondary N) is 1. The number of ether oxygens (including phenoxy) is 2. The number of carbonyl (C=O) groups is 2. The van der Waals surface area contributed by atoms with E-state index in [2.05, 4.69) is 10.3 Å². The second-order valence-corrected chi connectivity index (χ2v) is 4.83. The SMILES string of the molecule is CCOc1ccc(Oc2ccc(NC(=O)CCC(=O)O)cn2)cc1. The Morgan fingerprint density at radius 2 is 1.79 bits per heavy atom. The van der Waals surface area contributed by atoms with Crippen molar-refractivity contribution >= 4 is 17.6 Å². The summed E-state index contributed by atoms with van der Waals surface area (Å²) in [5, 5.41) is 11.1. The second kappa shape index (κ2) is 8.52. The van der Waals surface area contributed by atoms with E-state index in [1.54, 1.807) is 36.4 Å². The molecule has 7 heteroatoms. The summed E-state index contributed by atoms with van der Waals surface area (Å²) in [7, 11) is 0. The van der Waals surface area contributed by atoms with Gasteiger partial charge in [0, 0.05) is 12.5 Å². The Balaban J connectivity index is 1.89. The van der Waals surface area contributed by atoms with Crippen LogP contribution in [0, 0.1) is 0 Å². The minimum atomic E-state index is -1.01. The molecule has 24 heavy (non-hydrogen) atoms. The highest BCUT2D eigenvalue weighted by Gasteiger charge is 2.06. The van der Waals surface area contributed by atoms with Crippen LogP contribution in [-0.2, 0) is 9.59 Å². The fourth-order valence-electron chi connectivity index (χ4n) is 1.85. The minimum absolute atomic E-state index is 0.0836. The third kappa shape index (κ3) is 5.60. The summed E-state index contributed by atoms with van der Waals surface area (Å²) in [6.45, 7) is 2.51. The first-order valence-electron chi connectivity index (χ1n) is 7.45. The average Bonchev–Trinajstić information content (AvgIpc) is 2.57. The first-order valence-corrected chi connectivity index (χ1v) is 7.45. The molecule has 1 amide bonds. The van der Waals surface area contributed by atoms with E-state index in [0.717, 1.165) is 5.75 Å². The molecule has 1 heterocycles. The number of nitrogens with zero attached hydrogens (tertiary/aromatic N) is 1. The van der Waals surface area contributed by atoms with E-state index in [9.17, 15) is 9.59 Å². The molecule has 0 saturated heterocycles. The third-order valence-corrected chi connectivity index (χ3v) is 2.94. The molecule has 0 radical (unpaired) electrons. The maximum absolute atomic E-state index is 11.5. The molecule has 0 aliphatic heterocycles. The van der Waals surface area contributed by atoms with Crippen LogP contribution in [0.25, 0.3) is 0 Å². The summed E-state index contributed by atoms with van der Waals surface area (Å²) in [4.78, 5) is 26.0. The predicted molar refractivity (Wildman–Crippen MR) is 87.4 cm³/mol. The molecule has 0 spiro atoms. The molecule has 0 fully saturated rings. The smallest absolute Gasteiger partial charge is 0.303 e. The first kappa shape index (κ1) is 17.3. The zero-order valence-electron chi connectivity index (χ0n) is 13.2. The Hall–Kier alpha value is -3.09. The van der Waals surface area contributed by atoms with Crippen LogP contribution in [0.1, 0.15) is 19.8 Å². The van der Waals surface area contributed by atoms with Gasteiger partial charge in [0.15, 0.2) is 0 Å². The lowest BCUT2D eigenvalue weighted by Crippen LogP contribution is -2.13. The van der Waals surface area contributed by atoms with Crippen LogP contribution in [0.4, 0.5) is 5.69 Å². The highest BCUT2D eigenvalue weighted by molar-refractivity contribution is 5.92. The molecule has 7 nitrogen and oxygen atoms in total. The molecule has 126 valence electrons. The van der Waals surface area contributed by atoms with Gasteiger partial charge in [-0.15, -0.1) is 0 Å². The summed E-state index contributed by atoms with van der Waals surface area (Å²) in [5.74, 6) is 0.367. The van der Waals surface area contributed by atoms with Crippen LogP contribution in [0.5, 0.6) is 17.4 Å². The zero-order chi connectivity index (χ0) is 17.4. The third-order valence-electron chi connectivity index (χ3n) is 2.94. The molecule has 0 saturated carbocycles. The summed E-state index contributed by atoms with van der Waals surface area (Å²) in [6.07, 6.45) is 1.15. The van der Waals surface area contributed by atoms with Gasteiger partial charge in [0.2, 0.25) is 11.8 Å². The van der Waals surface area contributed by atoms with Crippen LogP contribution >= 0.6 is 0 Å². The van der Waals surface area contributed by atoms with E-state index in [1.165, 1.54) is 6.20 Å². The standard InChI is InChI=1S/C17H18N2O5/c1-2-23-13-4-6-14(7-5-13)24-16-9-3-12(11-18-16)19-15(20)8-10-17(21)22/h3-7,9,11H,2,8,10H2,1H3,(H,19,20)(H,21,22). The molecule has 1 aromatic heterocycles. The number of hydrogen-bond donors (Lipinski definition) is 2. The number of carboxylic acid groups (broad SMARTS) is 1. The Bertz CT molecular complexity index is 683. The number of hydrogen-bond acceptors (Lipinski definition) is 5. The van der Waals surface area contributed by atoms with Gasteiger partial charge in [-0.05, 0) is 37.3 Å². The topological polar surface area (TPSA) is 97.8 Å². The van der Waals surface area contributed by atoms with Crippen molar-refractivity contribution in [3.8, 4) is 17.4 Å². The molecule has 0 aliphatic rings. The van der Waals surface area contributed by atoms with E-state index >= 15 is 0 Å². The number of benzene rings is 1. The lowest BCUT2D eigenvalue weighted by Gasteiger charge is -2.08. The number of pyridine rings is 1. The van der Waals surface area contributed by atoms with Crippen molar-refractivity contribution in [2.45, 2.75) is 19.8 Å². The van der Waals surface area contributed by atoms with Crippen molar-refractivity contribution in [1.29, 1.82) is 0 Å². The molecule has 1 aromatic carbocycles. The largest absolute Gasteiger partial charge is 0.494 e. The van der Waals surface area contributed by atoms with Gasteiger partial charge >= 0.3 is 5.97 Å². The number of carbonyl (C=O) groups excluding carboxylic acids is 1. The van der Waals surface area contributed by atoms with E-state index in [4.69, 9.17) is 14.6 Å². The Morgan fingerprint density at radius 3 is 2.38 bits per heavy atom. The first-order chi connectivity index (χ1) is 11.6. The number of carboxylic acids is 1. The summed E-state index contributed by atoms with van der Waals surface area (Å²) in [5.41, 5.74) is 0.476. The van der Waals surface area contributed by atoms with Crippen molar-refractivity contribution < 1.29 is 24.2 Å². The van der Waals surface area contributed by atoms with Gasteiger partial charge < -0.3 is 19.9 Å². The Kier molecular flexibility index (Phi) is 6.13. The van der Waals surface area contributed by atoms with E-state index in [1.807, 2.05) is 6.92 Å². The maximum atomic E-state index is 11.5. The quantitative estimate of drug-likeness (QED) is 0.772. The summed E-state index contributed by atoms with van der Waals surface area (Å²) in [6, 6.07) is 10.4. The van der Waals surface area contributed by atoms with Gasteiger partial charge in [-0.1, -0.05) is 0 Å². The number of rotatable bonds is 8. The average molecular weight is 330 g/mol. The van der Waals surface area contributed by atoms with E-state index < -0.39 is 5.97 Å². The molecule has 0 aliphatic carbocycles. The van der Waals surface area contributed by atoms with Crippen LogP contribution < -0.4 is 14.8 Å². The summed E-state index contributed by atoms with van der Waals surface area (Å²) < 4.78 is 10.9. The van der Waals surface area contributed by atoms with Crippen LogP contribution in [0.15, 0.2) is 42.6 Å². The molecular formula is C17H18N2O5. The maximum Gasteiger partial charge on any atom is 0.303 e. The van der Waals surface area contributed by atoms with Gasteiger partial charge in [0.25, 0.3) is 0 Å². The Labute approximate surface area is 139 Å². The molecule has 0 bridgehead atoms. The van der Waals surface area contributed by atoms with E-state index in [-0.39, 0.29) is 18.7 Å². The summed E-state index contributed by atoms with van der Waals surface area (Å²) >= 11 is 0. The monoisotopic (exact) mass is 330 g/mol. The fourth-order valence-corrected chi connectivity index (χ4v) is 1.85. The lowest BCUT2D eigenvalue weighted by molar-refractivity contribution is -0.138. The van der Waals surface area contributed by atoms with Crippen molar-refractivity contribution in [3.05, 3.63) is 42.6 Å². The zero-order valence-corrected chi connectivity index (χ0v) is 13.2. The molecule has 2 aromatic rings. The second-order valence-electron chi connectivity index (χ2n) is 4.83. The normalized spacial score (nSPS) is 10.0. The van der Waals surface area contributed by atoms with Crippen molar-refractivity contribution in [1.82, 2.24) is 4.98 Å². The highest BCUT2D eigenvalue weighted by Crippen LogP contribution is 2.23. The van der Waals surface area contributed by atoms with Crippen molar-refractivity contribution in [3.63, 3.8) is 0 Å². The van der Waals surface area contributed by atoms with Crippen LogP contribution in [0.2, 0.25) is 0 Å². The fraction of sp³-hybridized carbons (Fsp3) is 0.235. The van der Waals surface area contributed by atoms with Gasteiger partial charge in [0.05, 0.1) is 24.9 Å². The van der Waals surface area contributed by atoms with Crippen LogP contribution in [-0.4, -0.2) is 28.6 Å². The molecule has 0 atom stereocenters. The van der Waals surface area contributed by atoms with Crippen molar-refractivity contribution in [2.75, 3.05) is 11.9 Å². The van der Waals surface area contributed by atoms with Gasteiger partial charge in [0.1, 0.15) is 11.5 Å². The Morgan fingerprint density at radius 1 is 1.08 bits per heavy atom. The van der Waals surface area contributed by atoms with Crippen molar-refractivity contribution in [2.24, 2.45) is 0 Å². The van der Waals surface area contributed by atoms with Gasteiger partial charge in [-0.2, -0.15) is 0 Å². The number of amides is 1. The molecular weight excluding hydrogens is 312 g/mol. The predicted octanol–water partition coefficient (Wildman–Crippen LogP) is 3.08. The highest BCUT2D eigenvalue weighted by atomic mass is 16.5. The van der Waals surface area contributed by atoms with E-state index in [0.29, 0.717) is 23.9 Å². The lowest BCUT2D eigenvalue weighted by atomic mass is 10.3. The number of aromatic nitrogens is 1. The van der Waals surface area contributed by atoms with Gasteiger partial charge in [-0.25, -0.2) is 4.98 Å². The van der Waals surface area contributed by atoms with Gasteiger partial charge in [-0.3, -0.25) is 9.59 Å². The molecule has 0 unspecified atom stereocenters. The number of anilines is 1. The molecule has 2 N–H and O–H groups in total. The minimum Gasteiger partial charge on any atom is -0.494 e. The molecule has 2 rings (SSSR count). The number of aliphatic carboxylic acids is 1. The van der Waals surface area contributed by atoms with Crippen LogP contribution in [0.3, 0.4) is 0 Å².